The Hall–Kier alpha value is -1.51. The number of aromatic nitrogens is 3. The van der Waals surface area contributed by atoms with Crippen molar-refractivity contribution in [2.24, 2.45) is 0 Å². The molecular formula is C15H20N4O2S2. The highest BCUT2D eigenvalue weighted by atomic mass is 32.2. The SMILES string of the molecule is Cc1ccccc1-n1cnn(CN(C)C2CCS(=O)(=O)C2)c1=S. The molecule has 3 rings (SSSR count). The number of sulfone groups is 1. The van der Waals surface area contributed by atoms with E-state index in [2.05, 4.69) is 5.10 Å². The second-order valence-corrected chi connectivity index (χ2v) is 8.62. The van der Waals surface area contributed by atoms with E-state index in [9.17, 15) is 8.42 Å². The molecule has 1 aliphatic heterocycles. The Labute approximate surface area is 141 Å². The van der Waals surface area contributed by atoms with E-state index in [-0.39, 0.29) is 17.5 Å². The summed E-state index contributed by atoms with van der Waals surface area (Å²) < 4.78 is 27.4. The van der Waals surface area contributed by atoms with Crippen LogP contribution in [0.2, 0.25) is 0 Å². The lowest BCUT2D eigenvalue weighted by atomic mass is 10.2. The van der Waals surface area contributed by atoms with Gasteiger partial charge in [-0.3, -0.25) is 9.47 Å². The molecule has 6 nitrogen and oxygen atoms in total. The van der Waals surface area contributed by atoms with Crippen molar-refractivity contribution in [3.63, 3.8) is 0 Å². The minimum Gasteiger partial charge on any atom is -0.283 e. The molecule has 0 radical (unpaired) electrons. The van der Waals surface area contributed by atoms with E-state index in [0.717, 1.165) is 11.3 Å². The molecule has 0 saturated carbocycles. The van der Waals surface area contributed by atoms with Gasteiger partial charge in [0.05, 0.1) is 23.9 Å². The van der Waals surface area contributed by atoms with Crippen molar-refractivity contribution in [3.05, 3.63) is 40.9 Å². The first kappa shape index (κ1) is 16.4. The molecule has 2 heterocycles. The number of hydrogen-bond acceptors (Lipinski definition) is 5. The molecule has 8 heteroatoms. The first-order valence-electron chi connectivity index (χ1n) is 7.48. The zero-order chi connectivity index (χ0) is 16.6. The average Bonchev–Trinajstić information content (AvgIpc) is 3.03. The van der Waals surface area contributed by atoms with Gasteiger partial charge in [0.1, 0.15) is 6.33 Å². The van der Waals surface area contributed by atoms with E-state index in [1.165, 1.54) is 0 Å². The molecule has 0 bridgehead atoms. The van der Waals surface area contributed by atoms with Gasteiger partial charge in [-0.2, -0.15) is 5.10 Å². The summed E-state index contributed by atoms with van der Waals surface area (Å²) in [5, 5.41) is 4.37. The van der Waals surface area contributed by atoms with Crippen LogP contribution >= 0.6 is 12.2 Å². The standard InChI is InChI=1S/C15H20N4O2S2/c1-12-5-3-4-6-14(12)18-10-16-19(15(18)22)11-17(2)13-7-8-23(20,21)9-13/h3-6,10,13H,7-9,11H2,1-2H3. The predicted octanol–water partition coefficient (Wildman–Crippen LogP) is 1.79. The van der Waals surface area contributed by atoms with Crippen LogP contribution in [0.4, 0.5) is 0 Å². The number of aryl methyl sites for hydroxylation is 1. The van der Waals surface area contributed by atoms with Crippen molar-refractivity contribution < 1.29 is 8.42 Å². The van der Waals surface area contributed by atoms with Gasteiger partial charge < -0.3 is 0 Å². The van der Waals surface area contributed by atoms with Crippen LogP contribution in [0, 0.1) is 11.7 Å². The molecule has 23 heavy (non-hydrogen) atoms. The highest BCUT2D eigenvalue weighted by Gasteiger charge is 2.30. The van der Waals surface area contributed by atoms with E-state index >= 15 is 0 Å². The summed E-state index contributed by atoms with van der Waals surface area (Å²) in [7, 11) is -0.972. The molecular weight excluding hydrogens is 332 g/mol. The third kappa shape index (κ3) is 3.39. The van der Waals surface area contributed by atoms with E-state index in [4.69, 9.17) is 12.2 Å². The quantitative estimate of drug-likeness (QED) is 0.785. The largest absolute Gasteiger partial charge is 0.283 e. The van der Waals surface area contributed by atoms with Crippen LogP contribution in [0.3, 0.4) is 0 Å². The highest BCUT2D eigenvalue weighted by Crippen LogP contribution is 2.18. The van der Waals surface area contributed by atoms with Crippen molar-refractivity contribution in [3.8, 4) is 5.69 Å². The summed E-state index contributed by atoms with van der Waals surface area (Å²) in [5.41, 5.74) is 2.13. The van der Waals surface area contributed by atoms with Crippen LogP contribution in [0.25, 0.3) is 5.69 Å². The van der Waals surface area contributed by atoms with E-state index < -0.39 is 9.84 Å². The fourth-order valence-electron chi connectivity index (χ4n) is 2.88. The molecule has 1 atom stereocenters. The highest BCUT2D eigenvalue weighted by molar-refractivity contribution is 7.91. The molecule has 1 fully saturated rings. The Balaban J connectivity index is 1.81. The van der Waals surface area contributed by atoms with Crippen molar-refractivity contribution in [1.29, 1.82) is 0 Å². The molecule has 124 valence electrons. The summed E-state index contributed by atoms with van der Waals surface area (Å²) >= 11 is 5.52. The van der Waals surface area contributed by atoms with Gasteiger partial charge in [0.25, 0.3) is 0 Å². The maximum atomic E-state index is 11.6. The zero-order valence-corrected chi connectivity index (χ0v) is 14.8. The lowest BCUT2D eigenvalue weighted by Crippen LogP contribution is -2.34. The minimum absolute atomic E-state index is 0.0329. The van der Waals surface area contributed by atoms with Crippen LogP contribution in [-0.4, -0.2) is 52.3 Å². The molecule has 1 aliphatic rings. The lowest BCUT2D eigenvalue weighted by Gasteiger charge is -2.22. The molecule has 0 aliphatic carbocycles. The van der Waals surface area contributed by atoms with Crippen molar-refractivity contribution in [2.75, 3.05) is 18.6 Å². The molecule has 1 unspecified atom stereocenters. The van der Waals surface area contributed by atoms with Crippen LogP contribution in [0.5, 0.6) is 0 Å². The van der Waals surface area contributed by atoms with Crippen LogP contribution in [0.1, 0.15) is 12.0 Å². The topological polar surface area (TPSA) is 60.1 Å². The first-order chi connectivity index (χ1) is 10.9. The van der Waals surface area contributed by atoms with Gasteiger partial charge in [-0.15, -0.1) is 0 Å². The van der Waals surface area contributed by atoms with Gasteiger partial charge in [0, 0.05) is 6.04 Å². The van der Waals surface area contributed by atoms with E-state index in [1.54, 1.807) is 11.0 Å². The smallest absolute Gasteiger partial charge is 0.203 e. The van der Waals surface area contributed by atoms with E-state index in [0.29, 0.717) is 17.9 Å². The number of para-hydroxylation sites is 1. The number of nitrogens with zero attached hydrogens (tertiary/aromatic N) is 4. The van der Waals surface area contributed by atoms with Crippen molar-refractivity contribution >= 4 is 22.1 Å². The van der Waals surface area contributed by atoms with Crippen LogP contribution < -0.4 is 0 Å². The Bertz CT molecular complexity index is 870. The van der Waals surface area contributed by atoms with Gasteiger partial charge in [-0.05, 0) is 44.2 Å². The molecule has 0 N–H and O–H groups in total. The molecule has 0 spiro atoms. The average molecular weight is 352 g/mol. The third-order valence-corrected chi connectivity index (χ3v) is 6.45. The summed E-state index contributed by atoms with van der Waals surface area (Å²) in [4.78, 5) is 2.01. The first-order valence-corrected chi connectivity index (χ1v) is 9.71. The van der Waals surface area contributed by atoms with Crippen molar-refractivity contribution in [1.82, 2.24) is 19.2 Å². The number of hydrogen-bond donors (Lipinski definition) is 0. The van der Waals surface area contributed by atoms with Gasteiger partial charge in [0.15, 0.2) is 9.84 Å². The Kier molecular flexibility index (Phi) is 4.39. The molecule has 0 amide bonds. The molecule has 1 aromatic carbocycles. The Morgan fingerprint density at radius 1 is 1.39 bits per heavy atom. The second kappa shape index (κ2) is 6.18. The molecule has 1 aromatic heterocycles. The van der Waals surface area contributed by atoms with Gasteiger partial charge in [-0.1, -0.05) is 18.2 Å². The zero-order valence-electron chi connectivity index (χ0n) is 13.2. The van der Waals surface area contributed by atoms with Gasteiger partial charge in [-0.25, -0.2) is 13.1 Å². The number of benzene rings is 1. The summed E-state index contributed by atoms with van der Waals surface area (Å²) in [6, 6.07) is 8.03. The van der Waals surface area contributed by atoms with E-state index in [1.807, 2.05) is 47.7 Å². The minimum atomic E-state index is -2.89. The normalized spacial score (nSPS) is 20.2. The maximum absolute atomic E-state index is 11.6. The maximum Gasteiger partial charge on any atom is 0.203 e. The third-order valence-electron chi connectivity index (χ3n) is 4.30. The lowest BCUT2D eigenvalue weighted by molar-refractivity contribution is 0.196. The van der Waals surface area contributed by atoms with Gasteiger partial charge >= 0.3 is 0 Å². The summed E-state index contributed by atoms with van der Waals surface area (Å²) in [6.45, 7) is 2.52. The fraction of sp³-hybridized carbons (Fsp3) is 0.467. The van der Waals surface area contributed by atoms with Gasteiger partial charge in [0.2, 0.25) is 4.77 Å². The predicted molar refractivity (Wildman–Crippen MR) is 91.9 cm³/mol. The van der Waals surface area contributed by atoms with Crippen molar-refractivity contribution in [2.45, 2.75) is 26.1 Å². The Morgan fingerprint density at radius 3 is 2.78 bits per heavy atom. The summed E-state index contributed by atoms with van der Waals surface area (Å²) in [6.07, 6.45) is 2.38. The molecule has 2 aromatic rings. The second-order valence-electron chi connectivity index (χ2n) is 6.02. The van der Waals surface area contributed by atoms with Crippen LogP contribution in [-0.2, 0) is 16.5 Å². The summed E-state index contributed by atoms with van der Waals surface area (Å²) in [5.74, 6) is 0.486. The number of rotatable bonds is 4. The monoisotopic (exact) mass is 352 g/mol. The molecule has 1 saturated heterocycles. The Morgan fingerprint density at radius 2 is 2.13 bits per heavy atom. The van der Waals surface area contributed by atoms with Crippen LogP contribution in [0.15, 0.2) is 30.6 Å². The fourth-order valence-corrected chi connectivity index (χ4v) is 4.94.